The molecule has 1 aromatic heterocycles. The Labute approximate surface area is 152 Å². The number of aliphatic hydroxyl groups excluding tert-OH is 1. The van der Waals surface area contributed by atoms with Gasteiger partial charge in [-0.05, 0) is 38.1 Å². The molecule has 0 radical (unpaired) electrons. The SMILES string of the molecule is CN1CCN([C@H]2CCN(C(=O)c3ccc4n[nH]nc4c3)CC[C@@H]2O)CC1. The normalized spacial score (nSPS) is 26.2. The smallest absolute Gasteiger partial charge is 0.253 e. The monoisotopic (exact) mass is 358 g/mol. The van der Waals surface area contributed by atoms with Gasteiger partial charge in [0, 0.05) is 50.9 Å². The highest BCUT2D eigenvalue weighted by Crippen LogP contribution is 2.21. The fourth-order valence-electron chi connectivity index (χ4n) is 4.01. The predicted octanol–water partition coefficient (Wildman–Crippen LogP) is 0.171. The molecule has 3 heterocycles. The van der Waals surface area contributed by atoms with Crippen LogP contribution in [0.15, 0.2) is 18.2 Å². The van der Waals surface area contributed by atoms with Crippen LogP contribution in [0.2, 0.25) is 0 Å². The van der Waals surface area contributed by atoms with Crippen molar-refractivity contribution in [3.63, 3.8) is 0 Å². The third-order valence-corrected chi connectivity index (χ3v) is 5.69. The molecule has 2 aromatic rings. The van der Waals surface area contributed by atoms with Gasteiger partial charge in [0.2, 0.25) is 0 Å². The van der Waals surface area contributed by atoms with Crippen molar-refractivity contribution < 1.29 is 9.90 Å². The summed E-state index contributed by atoms with van der Waals surface area (Å²) in [7, 11) is 2.13. The molecule has 2 aliphatic heterocycles. The second kappa shape index (κ2) is 7.30. The molecule has 8 heteroatoms. The van der Waals surface area contributed by atoms with Crippen LogP contribution in [0.4, 0.5) is 0 Å². The Hall–Kier alpha value is -2.03. The molecule has 1 amide bonds. The van der Waals surface area contributed by atoms with Crippen molar-refractivity contribution in [2.45, 2.75) is 25.0 Å². The number of likely N-dealkylation sites (N-methyl/N-ethyl adjacent to an activating group) is 1. The Kier molecular flexibility index (Phi) is 4.88. The molecule has 2 atom stereocenters. The lowest BCUT2D eigenvalue weighted by Gasteiger charge is -2.39. The van der Waals surface area contributed by atoms with E-state index < -0.39 is 0 Å². The summed E-state index contributed by atoms with van der Waals surface area (Å²) in [6, 6.07) is 5.53. The van der Waals surface area contributed by atoms with Crippen LogP contribution in [-0.4, -0.2) is 99.6 Å². The lowest BCUT2D eigenvalue weighted by Crippen LogP contribution is -2.52. The summed E-state index contributed by atoms with van der Waals surface area (Å²) < 4.78 is 0. The topological polar surface area (TPSA) is 88.6 Å². The third-order valence-electron chi connectivity index (χ3n) is 5.69. The maximum absolute atomic E-state index is 12.9. The zero-order valence-corrected chi connectivity index (χ0v) is 15.1. The summed E-state index contributed by atoms with van der Waals surface area (Å²) >= 11 is 0. The maximum Gasteiger partial charge on any atom is 0.253 e. The fraction of sp³-hybridized carbons (Fsp3) is 0.611. The van der Waals surface area contributed by atoms with Crippen molar-refractivity contribution in [2.24, 2.45) is 0 Å². The molecule has 8 nitrogen and oxygen atoms in total. The summed E-state index contributed by atoms with van der Waals surface area (Å²) in [5.74, 6) is 0.00104. The van der Waals surface area contributed by atoms with Crippen LogP contribution >= 0.6 is 0 Å². The average Bonchev–Trinajstić information content (AvgIpc) is 3.04. The number of carbonyl (C=O) groups excluding carboxylic acids is 1. The van der Waals surface area contributed by atoms with Gasteiger partial charge in [0.05, 0.1) is 6.10 Å². The molecule has 4 rings (SSSR count). The van der Waals surface area contributed by atoms with Crippen LogP contribution in [0.1, 0.15) is 23.2 Å². The van der Waals surface area contributed by atoms with E-state index in [0.29, 0.717) is 30.6 Å². The number of H-pyrrole nitrogens is 1. The van der Waals surface area contributed by atoms with Crippen molar-refractivity contribution in [1.29, 1.82) is 0 Å². The van der Waals surface area contributed by atoms with Gasteiger partial charge in [0.1, 0.15) is 11.0 Å². The van der Waals surface area contributed by atoms with Crippen LogP contribution in [0.5, 0.6) is 0 Å². The van der Waals surface area contributed by atoms with Crippen molar-refractivity contribution in [2.75, 3.05) is 46.3 Å². The fourth-order valence-corrected chi connectivity index (χ4v) is 4.01. The van der Waals surface area contributed by atoms with E-state index in [1.54, 1.807) is 12.1 Å². The number of amides is 1. The second-order valence-electron chi connectivity index (χ2n) is 7.37. The first kappa shape index (κ1) is 17.4. The Morgan fingerprint density at radius 1 is 1.08 bits per heavy atom. The lowest BCUT2D eigenvalue weighted by atomic mass is 10.0. The number of rotatable bonds is 2. The van der Waals surface area contributed by atoms with E-state index in [0.717, 1.165) is 38.1 Å². The molecule has 2 saturated heterocycles. The predicted molar refractivity (Wildman–Crippen MR) is 97.9 cm³/mol. The van der Waals surface area contributed by atoms with Crippen LogP contribution in [0.3, 0.4) is 0 Å². The number of nitrogens with one attached hydrogen (secondary N) is 1. The number of nitrogens with zero attached hydrogens (tertiary/aromatic N) is 5. The zero-order valence-electron chi connectivity index (χ0n) is 15.1. The molecule has 0 bridgehead atoms. The van der Waals surface area contributed by atoms with Gasteiger partial charge < -0.3 is 14.9 Å². The number of aromatic nitrogens is 3. The van der Waals surface area contributed by atoms with Crippen molar-refractivity contribution in [3.05, 3.63) is 23.8 Å². The molecule has 0 saturated carbocycles. The van der Waals surface area contributed by atoms with Gasteiger partial charge in [-0.3, -0.25) is 9.69 Å². The van der Waals surface area contributed by atoms with Gasteiger partial charge in [-0.1, -0.05) is 0 Å². The first-order chi connectivity index (χ1) is 12.6. The number of aromatic amines is 1. The minimum Gasteiger partial charge on any atom is -0.391 e. The van der Waals surface area contributed by atoms with Gasteiger partial charge in [-0.2, -0.15) is 15.4 Å². The Balaban J connectivity index is 1.44. The van der Waals surface area contributed by atoms with Gasteiger partial charge >= 0.3 is 0 Å². The average molecular weight is 358 g/mol. The Morgan fingerprint density at radius 2 is 1.81 bits per heavy atom. The van der Waals surface area contributed by atoms with E-state index in [2.05, 4.69) is 32.3 Å². The van der Waals surface area contributed by atoms with Crippen LogP contribution in [0, 0.1) is 0 Å². The number of fused-ring (bicyclic) bond motifs is 1. The number of hydrogen-bond acceptors (Lipinski definition) is 6. The summed E-state index contributed by atoms with van der Waals surface area (Å²) in [6.45, 7) is 5.28. The molecule has 140 valence electrons. The molecule has 0 aliphatic carbocycles. The molecule has 26 heavy (non-hydrogen) atoms. The molecule has 0 spiro atoms. The summed E-state index contributed by atoms with van der Waals surface area (Å²) in [5, 5.41) is 21.3. The van der Waals surface area contributed by atoms with E-state index in [4.69, 9.17) is 0 Å². The van der Waals surface area contributed by atoms with E-state index in [1.165, 1.54) is 0 Å². The number of likely N-dealkylation sites (tertiary alicyclic amines) is 1. The number of piperazine rings is 1. The van der Waals surface area contributed by atoms with Gasteiger partial charge in [0.15, 0.2) is 0 Å². The van der Waals surface area contributed by atoms with Crippen molar-refractivity contribution >= 4 is 16.9 Å². The van der Waals surface area contributed by atoms with Crippen molar-refractivity contribution in [3.8, 4) is 0 Å². The summed E-state index contributed by atoms with van der Waals surface area (Å²) in [6.07, 6.45) is 1.05. The molecule has 0 unspecified atom stereocenters. The zero-order chi connectivity index (χ0) is 18.1. The van der Waals surface area contributed by atoms with E-state index in [1.807, 2.05) is 11.0 Å². The molecule has 2 N–H and O–H groups in total. The molecular formula is C18H26N6O2. The third kappa shape index (κ3) is 3.44. The minimum absolute atomic E-state index is 0.00104. The highest BCUT2D eigenvalue weighted by molar-refractivity contribution is 5.97. The van der Waals surface area contributed by atoms with E-state index in [-0.39, 0.29) is 18.1 Å². The van der Waals surface area contributed by atoms with Crippen molar-refractivity contribution in [1.82, 2.24) is 30.1 Å². The number of aliphatic hydroxyl groups is 1. The van der Waals surface area contributed by atoms with E-state index in [9.17, 15) is 9.90 Å². The highest BCUT2D eigenvalue weighted by atomic mass is 16.3. The van der Waals surface area contributed by atoms with Gasteiger partial charge in [-0.25, -0.2) is 0 Å². The molecular weight excluding hydrogens is 332 g/mol. The maximum atomic E-state index is 12.9. The van der Waals surface area contributed by atoms with Crippen LogP contribution in [-0.2, 0) is 0 Å². The quantitative estimate of drug-likeness (QED) is 0.796. The van der Waals surface area contributed by atoms with Crippen LogP contribution in [0.25, 0.3) is 11.0 Å². The molecule has 2 fully saturated rings. The Morgan fingerprint density at radius 3 is 2.62 bits per heavy atom. The minimum atomic E-state index is -0.380. The number of hydrogen-bond donors (Lipinski definition) is 2. The molecule has 2 aliphatic rings. The van der Waals surface area contributed by atoms with Gasteiger partial charge in [-0.15, -0.1) is 0 Å². The lowest BCUT2D eigenvalue weighted by molar-refractivity contribution is 0.0224. The number of benzene rings is 1. The first-order valence-corrected chi connectivity index (χ1v) is 9.32. The van der Waals surface area contributed by atoms with Gasteiger partial charge in [0.25, 0.3) is 5.91 Å². The van der Waals surface area contributed by atoms with Crippen LogP contribution < -0.4 is 0 Å². The Bertz CT molecular complexity index is 770. The number of carbonyl (C=O) groups is 1. The summed E-state index contributed by atoms with van der Waals surface area (Å²) in [4.78, 5) is 19.5. The summed E-state index contributed by atoms with van der Waals surface area (Å²) in [5.41, 5.74) is 2.07. The molecule has 1 aromatic carbocycles. The largest absolute Gasteiger partial charge is 0.391 e. The standard InChI is InChI=1S/C18H26N6O2/c1-22-8-10-23(11-9-22)16-4-6-24(7-5-17(16)25)18(26)13-2-3-14-15(12-13)20-21-19-14/h2-3,12,16-17,25H,4-11H2,1H3,(H,19,20,21)/t16-,17-/m0/s1. The highest BCUT2D eigenvalue weighted by Gasteiger charge is 2.32. The second-order valence-corrected chi connectivity index (χ2v) is 7.37. The first-order valence-electron chi connectivity index (χ1n) is 9.32. The van der Waals surface area contributed by atoms with E-state index >= 15 is 0 Å².